The number of benzene rings is 2. The Morgan fingerprint density at radius 2 is 1.61 bits per heavy atom. The van der Waals surface area contributed by atoms with Gasteiger partial charge in [-0.25, -0.2) is 14.2 Å². The summed E-state index contributed by atoms with van der Waals surface area (Å²) >= 11 is 3.34. The molecule has 0 aromatic heterocycles. The highest BCUT2D eigenvalue weighted by atomic mass is 79.9. The van der Waals surface area contributed by atoms with Gasteiger partial charge in [-0.1, -0.05) is 40.2 Å². The lowest BCUT2D eigenvalue weighted by Crippen LogP contribution is -2.30. The van der Waals surface area contributed by atoms with Crippen molar-refractivity contribution in [2.45, 2.75) is 6.04 Å². The molecule has 0 aliphatic rings. The Labute approximate surface area is 112 Å². The molecule has 0 saturated carbocycles. The third-order valence-electron chi connectivity index (χ3n) is 2.67. The van der Waals surface area contributed by atoms with E-state index in [2.05, 4.69) is 21.4 Å². The van der Waals surface area contributed by atoms with Crippen molar-refractivity contribution in [3.63, 3.8) is 0 Å². The highest BCUT2D eigenvalue weighted by Crippen LogP contribution is 2.30. The number of nitrogens with one attached hydrogen (secondary N) is 1. The number of halogens is 3. The Kier molecular flexibility index (Phi) is 4.06. The van der Waals surface area contributed by atoms with Gasteiger partial charge in [0.25, 0.3) is 0 Å². The first-order valence-electron chi connectivity index (χ1n) is 5.29. The quantitative estimate of drug-likeness (QED) is 0.674. The van der Waals surface area contributed by atoms with Gasteiger partial charge in [-0.3, -0.25) is 5.84 Å². The second-order valence-electron chi connectivity index (χ2n) is 3.76. The van der Waals surface area contributed by atoms with Crippen LogP contribution in [0.3, 0.4) is 0 Å². The van der Waals surface area contributed by atoms with E-state index in [-0.39, 0.29) is 5.56 Å². The number of hydrogen-bond acceptors (Lipinski definition) is 2. The van der Waals surface area contributed by atoms with Crippen molar-refractivity contribution in [3.8, 4) is 0 Å². The standard InChI is InChI=1S/C13H11BrF2N2/c14-9-5-2-1-4-8(9)13(18-17)12-10(15)6-3-7-11(12)16/h1-7,13,18H,17H2. The van der Waals surface area contributed by atoms with Crippen LogP contribution in [-0.2, 0) is 0 Å². The van der Waals surface area contributed by atoms with Crippen molar-refractivity contribution in [3.05, 3.63) is 69.7 Å². The van der Waals surface area contributed by atoms with Crippen LogP contribution in [0.1, 0.15) is 17.2 Å². The first kappa shape index (κ1) is 13.1. The molecule has 3 N–H and O–H groups in total. The first-order valence-corrected chi connectivity index (χ1v) is 6.09. The molecule has 0 fully saturated rings. The lowest BCUT2D eigenvalue weighted by Gasteiger charge is -2.19. The molecule has 18 heavy (non-hydrogen) atoms. The summed E-state index contributed by atoms with van der Waals surface area (Å²) in [5.74, 6) is 4.18. The third kappa shape index (κ3) is 2.43. The molecular weight excluding hydrogens is 302 g/mol. The maximum Gasteiger partial charge on any atom is 0.131 e. The van der Waals surface area contributed by atoms with Gasteiger partial charge in [0.05, 0.1) is 6.04 Å². The van der Waals surface area contributed by atoms with E-state index in [4.69, 9.17) is 5.84 Å². The van der Waals surface area contributed by atoms with Crippen LogP contribution in [0, 0.1) is 11.6 Å². The highest BCUT2D eigenvalue weighted by Gasteiger charge is 2.22. The Hall–Kier alpha value is -1.30. The van der Waals surface area contributed by atoms with Crippen LogP contribution < -0.4 is 11.3 Å². The first-order chi connectivity index (χ1) is 8.65. The minimum absolute atomic E-state index is 0.0908. The van der Waals surface area contributed by atoms with Crippen molar-refractivity contribution < 1.29 is 8.78 Å². The summed E-state index contributed by atoms with van der Waals surface area (Å²) in [7, 11) is 0. The number of hydrazine groups is 1. The summed E-state index contributed by atoms with van der Waals surface area (Å²) in [6.45, 7) is 0. The molecule has 1 unspecified atom stereocenters. The van der Waals surface area contributed by atoms with Crippen LogP contribution >= 0.6 is 15.9 Å². The van der Waals surface area contributed by atoms with Gasteiger partial charge in [0.15, 0.2) is 0 Å². The zero-order chi connectivity index (χ0) is 13.1. The fraction of sp³-hybridized carbons (Fsp3) is 0.0769. The Balaban J connectivity index is 2.56. The summed E-state index contributed by atoms with van der Waals surface area (Å²) in [5, 5.41) is 0. The maximum atomic E-state index is 13.8. The molecule has 0 saturated heterocycles. The molecule has 2 aromatic carbocycles. The van der Waals surface area contributed by atoms with Gasteiger partial charge in [-0.2, -0.15) is 0 Å². The minimum atomic E-state index is -0.748. The molecule has 0 aliphatic carbocycles. The van der Waals surface area contributed by atoms with Crippen LogP contribution in [0.15, 0.2) is 46.9 Å². The number of nitrogens with two attached hydrogens (primary N) is 1. The van der Waals surface area contributed by atoms with E-state index in [0.29, 0.717) is 5.56 Å². The third-order valence-corrected chi connectivity index (χ3v) is 3.39. The molecule has 0 heterocycles. The zero-order valence-corrected chi connectivity index (χ0v) is 10.9. The Morgan fingerprint density at radius 1 is 1.00 bits per heavy atom. The van der Waals surface area contributed by atoms with Crippen LogP contribution in [-0.4, -0.2) is 0 Å². The highest BCUT2D eigenvalue weighted by molar-refractivity contribution is 9.10. The fourth-order valence-electron chi connectivity index (χ4n) is 1.82. The van der Waals surface area contributed by atoms with Crippen molar-refractivity contribution in [1.29, 1.82) is 0 Å². The van der Waals surface area contributed by atoms with Gasteiger partial charge < -0.3 is 0 Å². The van der Waals surface area contributed by atoms with E-state index in [0.717, 1.165) is 4.47 Å². The SMILES string of the molecule is NNC(c1ccccc1Br)c1c(F)cccc1F. The average Bonchev–Trinajstić information content (AvgIpc) is 2.35. The molecule has 2 aromatic rings. The minimum Gasteiger partial charge on any atom is -0.271 e. The second kappa shape index (κ2) is 5.56. The topological polar surface area (TPSA) is 38.0 Å². The monoisotopic (exact) mass is 312 g/mol. The van der Waals surface area contributed by atoms with Gasteiger partial charge in [0, 0.05) is 10.0 Å². The summed E-state index contributed by atoms with van der Waals surface area (Å²) in [5.41, 5.74) is 3.03. The molecule has 0 spiro atoms. The summed E-state index contributed by atoms with van der Waals surface area (Å²) in [4.78, 5) is 0. The lowest BCUT2D eigenvalue weighted by molar-refractivity contribution is 0.510. The molecule has 5 heteroatoms. The molecule has 0 radical (unpaired) electrons. The predicted octanol–water partition coefficient (Wildman–Crippen LogP) is 3.28. The van der Waals surface area contributed by atoms with E-state index in [1.54, 1.807) is 18.2 Å². The van der Waals surface area contributed by atoms with Crippen molar-refractivity contribution in [2.75, 3.05) is 0 Å². The molecule has 2 rings (SSSR count). The van der Waals surface area contributed by atoms with Gasteiger partial charge >= 0.3 is 0 Å². The molecule has 0 aliphatic heterocycles. The Bertz CT molecular complexity index is 540. The number of rotatable bonds is 3. The van der Waals surface area contributed by atoms with Crippen molar-refractivity contribution in [2.24, 2.45) is 5.84 Å². The van der Waals surface area contributed by atoms with E-state index < -0.39 is 17.7 Å². The van der Waals surface area contributed by atoms with Crippen LogP contribution in [0.2, 0.25) is 0 Å². The van der Waals surface area contributed by atoms with Crippen LogP contribution in [0.25, 0.3) is 0 Å². The summed E-state index contributed by atoms with van der Waals surface area (Å²) in [6, 6.07) is 10.1. The van der Waals surface area contributed by atoms with Crippen LogP contribution in [0.4, 0.5) is 8.78 Å². The molecule has 0 bridgehead atoms. The summed E-state index contributed by atoms with van der Waals surface area (Å²) < 4.78 is 28.2. The molecule has 0 amide bonds. The molecule has 1 atom stereocenters. The Morgan fingerprint density at radius 3 is 2.17 bits per heavy atom. The smallest absolute Gasteiger partial charge is 0.131 e. The lowest BCUT2D eigenvalue weighted by atomic mass is 9.98. The molecular formula is C13H11BrF2N2. The molecule has 94 valence electrons. The van der Waals surface area contributed by atoms with Crippen LogP contribution in [0.5, 0.6) is 0 Å². The average molecular weight is 313 g/mol. The van der Waals surface area contributed by atoms with Crippen molar-refractivity contribution >= 4 is 15.9 Å². The second-order valence-corrected chi connectivity index (χ2v) is 4.61. The van der Waals surface area contributed by atoms with E-state index in [1.807, 2.05) is 6.07 Å². The largest absolute Gasteiger partial charge is 0.271 e. The van der Waals surface area contributed by atoms with Gasteiger partial charge in [0.1, 0.15) is 11.6 Å². The zero-order valence-electron chi connectivity index (χ0n) is 9.33. The van der Waals surface area contributed by atoms with E-state index >= 15 is 0 Å². The van der Waals surface area contributed by atoms with Gasteiger partial charge in [-0.15, -0.1) is 0 Å². The molecule has 2 nitrogen and oxygen atoms in total. The fourth-order valence-corrected chi connectivity index (χ4v) is 2.34. The van der Waals surface area contributed by atoms with Gasteiger partial charge in [0.2, 0.25) is 0 Å². The van der Waals surface area contributed by atoms with E-state index in [9.17, 15) is 8.78 Å². The van der Waals surface area contributed by atoms with Gasteiger partial charge in [-0.05, 0) is 23.8 Å². The predicted molar refractivity (Wildman–Crippen MR) is 69.7 cm³/mol. The number of hydrogen-bond donors (Lipinski definition) is 2. The normalized spacial score (nSPS) is 12.4. The van der Waals surface area contributed by atoms with Crippen molar-refractivity contribution in [1.82, 2.24) is 5.43 Å². The summed E-state index contributed by atoms with van der Waals surface area (Å²) in [6.07, 6.45) is 0. The maximum absolute atomic E-state index is 13.8. The van der Waals surface area contributed by atoms with E-state index in [1.165, 1.54) is 18.2 Å².